The highest BCUT2D eigenvalue weighted by Gasteiger charge is 2.15. The van der Waals surface area contributed by atoms with Gasteiger partial charge in [0.25, 0.3) is 0 Å². The molecule has 0 amide bonds. The summed E-state index contributed by atoms with van der Waals surface area (Å²) in [7, 11) is 0. The third-order valence-corrected chi connectivity index (χ3v) is 3.51. The molecule has 17 heavy (non-hydrogen) atoms. The highest BCUT2D eigenvalue weighted by atomic mass is 15.1. The van der Waals surface area contributed by atoms with Crippen molar-refractivity contribution in [1.29, 1.82) is 0 Å². The van der Waals surface area contributed by atoms with Crippen LogP contribution in [0.3, 0.4) is 0 Å². The van der Waals surface area contributed by atoms with Crippen LogP contribution in [0.5, 0.6) is 0 Å². The van der Waals surface area contributed by atoms with Crippen LogP contribution in [0.2, 0.25) is 0 Å². The first-order chi connectivity index (χ1) is 8.16. The van der Waals surface area contributed by atoms with Crippen molar-refractivity contribution in [3.63, 3.8) is 0 Å². The van der Waals surface area contributed by atoms with E-state index in [1.807, 2.05) is 0 Å². The number of nitrogens with one attached hydrogen (secondary N) is 1. The number of hydrogen-bond donors (Lipinski definition) is 1. The quantitative estimate of drug-likeness (QED) is 0.801. The molecule has 1 N–H and O–H groups in total. The van der Waals surface area contributed by atoms with Crippen LogP contribution in [0, 0.1) is 19.8 Å². The van der Waals surface area contributed by atoms with Crippen molar-refractivity contribution in [2.45, 2.75) is 27.2 Å². The fourth-order valence-corrected chi connectivity index (χ4v) is 2.55. The summed E-state index contributed by atoms with van der Waals surface area (Å²) in [5, 5.41) is 3.51. The predicted octanol–water partition coefficient (Wildman–Crippen LogP) is 2.74. The van der Waals surface area contributed by atoms with Crippen molar-refractivity contribution in [2.24, 2.45) is 5.92 Å². The summed E-state index contributed by atoms with van der Waals surface area (Å²) in [6.07, 6.45) is 1.24. The van der Waals surface area contributed by atoms with Gasteiger partial charge in [0.1, 0.15) is 0 Å². The average molecular weight is 232 g/mol. The second-order valence-electron chi connectivity index (χ2n) is 5.40. The van der Waals surface area contributed by atoms with Crippen molar-refractivity contribution in [1.82, 2.24) is 5.32 Å². The molecule has 1 aliphatic heterocycles. The van der Waals surface area contributed by atoms with Crippen molar-refractivity contribution >= 4 is 5.69 Å². The number of anilines is 1. The summed E-state index contributed by atoms with van der Waals surface area (Å²) in [5.74, 6) is 0.718. The molecule has 1 heterocycles. The van der Waals surface area contributed by atoms with Gasteiger partial charge in [-0.15, -0.1) is 0 Å². The molecule has 1 aliphatic rings. The maximum absolute atomic E-state index is 3.51. The van der Waals surface area contributed by atoms with E-state index in [1.54, 1.807) is 0 Å². The van der Waals surface area contributed by atoms with E-state index in [1.165, 1.54) is 29.8 Å². The molecule has 0 saturated carbocycles. The lowest BCUT2D eigenvalue weighted by Gasteiger charge is -2.32. The predicted molar refractivity (Wildman–Crippen MR) is 74.8 cm³/mol. The van der Waals surface area contributed by atoms with E-state index in [4.69, 9.17) is 0 Å². The molecule has 0 radical (unpaired) electrons. The van der Waals surface area contributed by atoms with Crippen LogP contribution < -0.4 is 10.2 Å². The lowest BCUT2D eigenvalue weighted by molar-refractivity contribution is 0.467. The SMILES string of the molecule is Cc1ccc(C)c(N2CCCNCC(C)C2)c1. The van der Waals surface area contributed by atoms with Gasteiger partial charge < -0.3 is 10.2 Å². The van der Waals surface area contributed by atoms with Crippen molar-refractivity contribution in [3.8, 4) is 0 Å². The Morgan fingerprint density at radius 3 is 2.94 bits per heavy atom. The van der Waals surface area contributed by atoms with Gasteiger partial charge in [0, 0.05) is 18.8 Å². The van der Waals surface area contributed by atoms with Crippen molar-refractivity contribution < 1.29 is 0 Å². The Balaban J connectivity index is 2.20. The first kappa shape index (κ1) is 12.4. The zero-order valence-electron chi connectivity index (χ0n) is 11.3. The zero-order valence-corrected chi connectivity index (χ0v) is 11.3. The van der Waals surface area contributed by atoms with Gasteiger partial charge in [0.05, 0.1) is 0 Å². The molecular weight excluding hydrogens is 208 g/mol. The van der Waals surface area contributed by atoms with Crippen molar-refractivity contribution in [2.75, 3.05) is 31.1 Å². The molecule has 2 heteroatoms. The van der Waals surface area contributed by atoms with Crippen LogP contribution in [-0.4, -0.2) is 26.2 Å². The van der Waals surface area contributed by atoms with Crippen molar-refractivity contribution in [3.05, 3.63) is 29.3 Å². The van der Waals surface area contributed by atoms with E-state index in [9.17, 15) is 0 Å². The van der Waals surface area contributed by atoms with Crippen LogP contribution in [-0.2, 0) is 0 Å². The second-order valence-corrected chi connectivity index (χ2v) is 5.40. The molecule has 0 spiro atoms. The summed E-state index contributed by atoms with van der Waals surface area (Å²) in [6.45, 7) is 11.3. The van der Waals surface area contributed by atoms with Crippen LogP contribution >= 0.6 is 0 Å². The van der Waals surface area contributed by atoms with Gasteiger partial charge in [-0.2, -0.15) is 0 Å². The Bertz CT molecular complexity index is 373. The van der Waals surface area contributed by atoms with E-state index in [0.717, 1.165) is 25.6 Å². The average Bonchev–Trinajstić information content (AvgIpc) is 2.27. The molecule has 1 aromatic carbocycles. The first-order valence-electron chi connectivity index (χ1n) is 6.70. The minimum Gasteiger partial charge on any atom is -0.371 e. The summed E-state index contributed by atoms with van der Waals surface area (Å²) in [6, 6.07) is 6.78. The Hall–Kier alpha value is -1.02. The zero-order chi connectivity index (χ0) is 12.3. The molecule has 2 rings (SSSR count). The molecule has 1 aromatic rings. The molecule has 1 saturated heterocycles. The summed E-state index contributed by atoms with van der Waals surface area (Å²) < 4.78 is 0. The molecule has 1 atom stereocenters. The van der Waals surface area contributed by atoms with Crippen LogP contribution in [0.15, 0.2) is 18.2 Å². The van der Waals surface area contributed by atoms with Crippen LogP contribution in [0.1, 0.15) is 24.5 Å². The van der Waals surface area contributed by atoms with E-state index >= 15 is 0 Å². The monoisotopic (exact) mass is 232 g/mol. The fraction of sp³-hybridized carbons (Fsp3) is 0.600. The van der Waals surface area contributed by atoms with Gasteiger partial charge in [-0.3, -0.25) is 0 Å². The molecule has 0 aromatic heterocycles. The van der Waals surface area contributed by atoms with E-state index in [-0.39, 0.29) is 0 Å². The van der Waals surface area contributed by atoms with Crippen LogP contribution in [0.4, 0.5) is 5.69 Å². The lowest BCUT2D eigenvalue weighted by Crippen LogP contribution is -2.39. The van der Waals surface area contributed by atoms with Gasteiger partial charge in [-0.25, -0.2) is 0 Å². The maximum Gasteiger partial charge on any atom is 0.0398 e. The fourth-order valence-electron chi connectivity index (χ4n) is 2.55. The van der Waals surface area contributed by atoms with Gasteiger partial charge >= 0.3 is 0 Å². The van der Waals surface area contributed by atoms with Gasteiger partial charge in [0.2, 0.25) is 0 Å². The third-order valence-electron chi connectivity index (χ3n) is 3.51. The molecule has 0 aliphatic carbocycles. The van der Waals surface area contributed by atoms with E-state index in [2.05, 4.69) is 49.2 Å². The number of aryl methyl sites for hydroxylation is 2. The van der Waals surface area contributed by atoms with Gasteiger partial charge in [0.15, 0.2) is 0 Å². The minimum absolute atomic E-state index is 0.718. The molecule has 1 fully saturated rings. The highest BCUT2D eigenvalue weighted by Crippen LogP contribution is 2.23. The topological polar surface area (TPSA) is 15.3 Å². The Labute approximate surface area is 105 Å². The summed E-state index contributed by atoms with van der Waals surface area (Å²) in [4.78, 5) is 2.56. The summed E-state index contributed by atoms with van der Waals surface area (Å²) in [5.41, 5.74) is 4.19. The number of benzene rings is 1. The highest BCUT2D eigenvalue weighted by molar-refractivity contribution is 5.55. The smallest absolute Gasteiger partial charge is 0.0398 e. The molecule has 1 unspecified atom stereocenters. The Morgan fingerprint density at radius 2 is 2.12 bits per heavy atom. The minimum atomic E-state index is 0.718. The maximum atomic E-state index is 3.51. The Kier molecular flexibility index (Phi) is 4.06. The standard InChI is InChI=1S/C15H24N2/c1-12-5-6-14(3)15(9-12)17-8-4-7-16-10-13(2)11-17/h5-6,9,13,16H,4,7-8,10-11H2,1-3H3. The van der Waals surface area contributed by atoms with E-state index < -0.39 is 0 Å². The number of hydrogen-bond acceptors (Lipinski definition) is 2. The lowest BCUT2D eigenvalue weighted by atomic mass is 10.1. The van der Waals surface area contributed by atoms with Crippen LogP contribution in [0.25, 0.3) is 0 Å². The Morgan fingerprint density at radius 1 is 1.29 bits per heavy atom. The number of rotatable bonds is 1. The molecular formula is C15H24N2. The molecule has 0 bridgehead atoms. The van der Waals surface area contributed by atoms with Gasteiger partial charge in [-0.05, 0) is 56.5 Å². The normalized spacial score (nSPS) is 22.1. The number of nitrogens with zero attached hydrogens (tertiary/aromatic N) is 1. The van der Waals surface area contributed by atoms with Gasteiger partial charge in [-0.1, -0.05) is 19.1 Å². The molecule has 2 nitrogen and oxygen atoms in total. The largest absolute Gasteiger partial charge is 0.371 e. The second kappa shape index (κ2) is 5.54. The molecule has 94 valence electrons. The summed E-state index contributed by atoms with van der Waals surface area (Å²) >= 11 is 0. The third kappa shape index (κ3) is 3.22. The first-order valence-corrected chi connectivity index (χ1v) is 6.70. The van der Waals surface area contributed by atoms with E-state index in [0.29, 0.717) is 0 Å².